The SMILES string of the molecule is COCc1cc(C)n(CC(=O)N/N=C/c2cc(C)n(-c3c(C)cccc3C)c2C)c(=O)c1C#N. The molecule has 0 unspecified atom stereocenters. The fourth-order valence-electron chi connectivity index (χ4n) is 4.19. The quantitative estimate of drug-likeness (QED) is 0.432. The van der Waals surface area contributed by atoms with Crippen molar-refractivity contribution in [3.8, 4) is 11.8 Å². The molecular weight excluding hydrogens is 430 g/mol. The summed E-state index contributed by atoms with van der Waals surface area (Å²) in [6, 6.07) is 11.8. The van der Waals surface area contributed by atoms with E-state index in [2.05, 4.69) is 41.1 Å². The van der Waals surface area contributed by atoms with Gasteiger partial charge in [0.2, 0.25) is 0 Å². The average Bonchev–Trinajstić information content (AvgIpc) is 3.05. The first kappa shape index (κ1) is 24.7. The second-order valence-electron chi connectivity index (χ2n) is 8.32. The van der Waals surface area contributed by atoms with E-state index in [9.17, 15) is 14.9 Å². The number of benzene rings is 1. The van der Waals surface area contributed by atoms with Gasteiger partial charge in [0.1, 0.15) is 18.2 Å². The molecule has 3 rings (SSSR count). The van der Waals surface area contributed by atoms with Crippen LogP contribution < -0.4 is 11.0 Å². The number of nitriles is 1. The smallest absolute Gasteiger partial charge is 0.269 e. The molecule has 8 nitrogen and oxygen atoms in total. The topological polar surface area (TPSA) is 101 Å². The Morgan fingerprint density at radius 1 is 1.15 bits per heavy atom. The molecule has 176 valence electrons. The Bertz CT molecular complexity index is 1350. The third-order valence-electron chi connectivity index (χ3n) is 5.83. The molecule has 2 aromatic heterocycles. The third kappa shape index (κ3) is 4.85. The minimum absolute atomic E-state index is 0.0253. The molecule has 0 atom stereocenters. The zero-order valence-electron chi connectivity index (χ0n) is 20.4. The molecule has 0 bridgehead atoms. The molecule has 0 saturated heterocycles. The van der Waals surface area contributed by atoms with Gasteiger partial charge in [-0.1, -0.05) is 18.2 Å². The minimum Gasteiger partial charge on any atom is -0.380 e. The number of aryl methyl sites for hydroxylation is 4. The van der Waals surface area contributed by atoms with Crippen molar-refractivity contribution in [3.05, 3.63) is 85.6 Å². The van der Waals surface area contributed by atoms with Crippen LogP contribution in [0.1, 0.15) is 44.9 Å². The Hall–Kier alpha value is -3.96. The first-order chi connectivity index (χ1) is 16.2. The van der Waals surface area contributed by atoms with Crippen LogP contribution in [0.4, 0.5) is 0 Å². The fraction of sp³-hybridized carbons (Fsp3) is 0.308. The van der Waals surface area contributed by atoms with Crippen LogP contribution in [0, 0.1) is 45.9 Å². The molecule has 1 amide bonds. The maximum Gasteiger partial charge on any atom is 0.269 e. The van der Waals surface area contributed by atoms with Crippen molar-refractivity contribution < 1.29 is 9.53 Å². The van der Waals surface area contributed by atoms with Crippen LogP contribution in [0.25, 0.3) is 5.69 Å². The van der Waals surface area contributed by atoms with Gasteiger partial charge in [0.25, 0.3) is 11.5 Å². The molecule has 0 saturated carbocycles. The summed E-state index contributed by atoms with van der Waals surface area (Å²) in [5.41, 5.74) is 9.43. The number of hydrogen-bond donors (Lipinski definition) is 1. The summed E-state index contributed by atoms with van der Waals surface area (Å²) in [5.74, 6) is -0.464. The summed E-state index contributed by atoms with van der Waals surface area (Å²) in [6.07, 6.45) is 1.60. The minimum atomic E-state index is -0.522. The van der Waals surface area contributed by atoms with Crippen molar-refractivity contribution in [2.75, 3.05) is 7.11 Å². The third-order valence-corrected chi connectivity index (χ3v) is 5.83. The largest absolute Gasteiger partial charge is 0.380 e. The number of pyridine rings is 1. The zero-order chi connectivity index (χ0) is 25.0. The number of methoxy groups -OCH3 is 1. The van der Waals surface area contributed by atoms with Crippen LogP contribution in [0.3, 0.4) is 0 Å². The molecule has 1 N–H and O–H groups in total. The standard InChI is InChI=1S/C26H29N5O3/c1-16-8-7-9-17(2)25(16)31-19(4)11-21(20(31)5)13-28-29-24(32)14-30-18(3)10-22(15-34-6)23(12-27)26(30)33/h7-11,13H,14-15H2,1-6H3,(H,29,32)/b28-13+. The van der Waals surface area contributed by atoms with E-state index >= 15 is 0 Å². The van der Waals surface area contributed by atoms with Gasteiger partial charge >= 0.3 is 0 Å². The normalized spacial score (nSPS) is 11.1. The summed E-state index contributed by atoms with van der Waals surface area (Å²) in [4.78, 5) is 25.2. The number of rotatable bonds is 7. The maximum atomic E-state index is 12.7. The molecule has 0 radical (unpaired) electrons. The number of carbonyl (C=O) groups excluding carboxylic acids is 1. The molecule has 34 heavy (non-hydrogen) atoms. The highest BCUT2D eigenvalue weighted by atomic mass is 16.5. The maximum absolute atomic E-state index is 12.7. The number of hydrogen-bond acceptors (Lipinski definition) is 5. The van der Waals surface area contributed by atoms with Crippen molar-refractivity contribution in [3.63, 3.8) is 0 Å². The second-order valence-corrected chi connectivity index (χ2v) is 8.32. The summed E-state index contributed by atoms with van der Waals surface area (Å²) >= 11 is 0. The van der Waals surface area contributed by atoms with E-state index in [0.29, 0.717) is 11.3 Å². The molecule has 1 aromatic carbocycles. The summed E-state index contributed by atoms with van der Waals surface area (Å²) in [5, 5.41) is 13.5. The lowest BCUT2D eigenvalue weighted by Gasteiger charge is -2.15. The van der Waals surface area contributed by atoms with E-state index in [1.54, 1.807) is 19.2 Å². The highest BCUT2D eigenvalue weighted by Gasteiger charge is 2.16. The van der Waals surface area contributed by atoms with Gasteiger partial charge in [-0.15, -0.1) is 0 Å². The number of nitrogens with one attached hydrogen (secondary N) is 1. The lowest BCUT2D eigenvalue weighted by Crippen LogP contribution is -2.33. The van der Waals surface area contributed by atoms with Gasteiger partial charge in [-0.2, -0.15) is 10.4 Å². The number of nitrogens with zero attached hydrogens (tertiary/aromatic N) is 4. The van der Waals surface area contributed by atoms with Crippen molar-refractivity contribution in [2.45, 2.75) is 47.8 Å². The average molecular weight is 460 g/mol. The van der Waals surface area contributed by atoms with Gasteiger partial charge in [-0.05, 0) is 57.9 Å². The van der Waals surface area contributed by atoms with E-state index in [1.165, 1.54) is 22.8 Å². The molecule has 2 heterocycles. The Morgan fingerprint density at radius 2 is 1.82 bits per heavy atom. The van der Waals surface area contributed by atoms with Crippen molar-refractivity contribution in [1.82, 2.24) is 14.6 Å². The molecule has 8 heteroatoms. The van der Waals surface area contributed by atoms with Crippen LogP contribution in [0.5, 0.6) is 0 Å². The highest BCUT2D eigenvalue weighted by Crippen LogP contribution is 2.25. The lowest BCUT2D eigenvalue weighted by molar-refractivity contribution is -0.121. The van der Waals surface area contributed by atoms with E-state index in [1.807, 2.05) is 32.0 Å². The van der Waals surface area contributed by atoms with Crippen LogP contribution in [-0.2, 0) is 22.7 Å². The number of hydrazone groups is 1. The number of para-hydroxylation sites is 1. The van der Waals surface area contributed by atoms with Crippen LogP contribution in [0.2, 0.25) is 0 Å². The zero-order valence-corrected chi connectivity index (χ0v) is 20.4. The molecule has 0 fully saturated rings. The van der Waals surface area contributed by atoms with Gasteiger partial charge in [0, 0.05) is 35.3 Å². The summed E-state index contributed by atoms with van der Waals surface area (Å²) in [6.45, 7) is 9.82. The molecule has 0 aliphatic heterocycles. The van der Waals surface area contributed by atoms with E-state index < -0.39 is 11.5 Å². The Labute approximate surface area is 199 Å². The van der Waals surface area contributed by atoms with Crippen molar-refractivity contribution in [1.29, 1.82) is 5.26 Å². The van der Waals surface area contributed by atoms with Crippen molar-refractivity contribution >= 4 is 12.1 Å². The van der Waals surface area contributed by atoms with E-state index in [-0.39, 0.29) is 18.7 Å². The molecular formula is C26H29N5O3. The van der Waals surface area contributed by atoms with Gasteiger partial charge in [-0.3, -0.25) is 9.59 Å². The molecule has 3 aromatic rings. The number of aromatic nitrogens is 2. The van der Waals surface area contributed by atoms with Crippen LogP contribution in [-0.4, -0.2) is 28.4 Å². The molecule has 0 aliphatic carbocycles. The molecule has 0 aliphatic rings. The second kappa shape index (κ2) is 10.3. The number of amides is 1. The van der Waals surface area contributed by atoms with E-state index in [4.69, 9.17) is 4.74 Å². The van der Waals surface area contributed by atoms with E-state index in [0.717, 1.165) is 22.6 Å². The monoisotopic (exact) mass is 459 g/mol. The summed E-state index contributed by atoms with van der Waals surface area (Å²) < 4.78 is 8.50. The van der Waals surface area contributed by atoms with Gasteiger partial charge in [0.05, 0.1) is 18.5 Å². The predicted octanol–water partition coefficient (Wildman–Crippen LogP) is 3.35. The predicted molar refractivity (Wildman–Crippen MR) is 131 cm³/mol. The summed E-state index contributed by atoms with van der Waals surface area (Å²) in [7, 11) is 1.49. The highest BCUT2D eigenvalue weighted by molar-refractivity contribution is 5.84. The van der Waals surface area contributed by atoms with Gasteiger partial charge < -0.3 is 13.9 Å². The Morgan fingerprint density at radius 3 is 2.44 bits per heavy atom. The number of ether oxygens (including phenoxy) is 1. The first-order valence-electron chi connectivity index (χ1n) is 10.9. The van der Waals surface area contributed by atoms with Crippen LogP contribution >= 0.6 is 0 Å². The van der Waals surface area contributed by atoms with Crippen LogP contribution in [0.15, 0.2) is 40.2 Å². The Kier molecular flexibility index (Phi) is 7.49. The first-order valence-corrected chi connectivity index (χ1v) is 10.9. The fourth-order valence-corrected chi connectivity index (χ4v) is 4.19. The number of carbonyl (C=O) groups is 1. The van der Waals surface area contributed by atoms with Gasteiger partial charge in [0.15, 0.2) is 0 Å². The lowest BCUT2D eigenvalue weighted by atomic mass is 10.1. The Balaban J connectivity index is 1.80. The van der Waals surface area contributed by atoms with Crippen molar-refractivity contribution in [2.24, 2.45) is 5.10 Å². The van der Waals surface area contributed by atoms with Gasteiger partial charge in [-0.25, -0.2) is 5.43 Å². The molecule has 0 spiro atoms.